The smallest absolute Gasteiger partial charge is 0.333 e. The molecule has 1 fully saturated rings. The van der Waals surface area contributed by atoms with Crippen LogP contribution in [0.1, 0.15) is 47.4 Å². The van der Waals surface area contributed by atoms with Gasteiger partial charge >= 0.3 is 5.97 Å². The van der Waals surface area contributed by atoms with E-state index in [1.807, 2.05) is 25.1 Å². The Morgan fingerprint density at radius 1 is 1.20 bits per heavy atom. The molecule has 2 aromatic rings. The van der Waals surface area contributed by atoms with Gasteiger partial charge in [0, 0.05) is 0 Å². The average molecular weight is 431 g/mol. The molecule has 0 N–H and O–H groups in total. The summed E-state index contributed by atoms with van der Waals surface area (Å²) in [5.74, 6) is 0.336. The first kappa shape index (κ1) is 20.9. The summed E-state index contributed by atoms with van der Waals surface area (Å²) in [5.41, 5.74) is 5.90. The van der Waals surface area contributed by atoms with Gasteiger partial charge in [-0.1, -0.05) is 18.2 Å². The highest BCUT2D eigenvalue weighted by Crippen LogP contribution is 2.47. The summed E-state index contributed by atoms with van der Waals surface area (Å²) in [6.07, 6.45) is 4.14. The molecule has 4 rings (SSSR count). The first-order valence-corrected chi connectivity index (χ1v) is 11.8. The van der Waals surface area contributed by atoms with Crippen LogP contribution < -0.4 is 4.74 Å². The number of methoxy groups -OCH3 is 1. The zero-order valence-corrected chi connectivity index (χ0v) is 18.1. The monoisotopic (exact) mass is 430 g/mol. The summed E-state index contributed by atoms with van der Waals surface area (Å²) in [5, 5.41) is 0. The van der Waals surface area contributed by atoms with Crippen LogP contribution in [0.5, 0.6) is 5.75 Å². The van der Waals surface area contributed by atoms with E-state index in [1.54, 1.807) is 0 Å². The van der Waals surface area contributed by atoms with Gasteiger partial charge in [-0.2, -0.15) is 8.42 Å². The number of aryl methyl sites for hydroxylation is 2. The Morgan fingerprint density at radius 3 is 2.73 bits per heavy atom. The Labute approximate surface area is 177 Å². The van der Waals surface area contributed by atoms with E-state index in [9.17, 15) is 13.2 Å². The van der Waals surface area contributed by atoms with Crippen molar-refractivity contribution in [1.29, 1.82) is 0 Å². The van der Waals surface area contributed by atoms with Gasteiger partial charge in [-0.15, -0.1) is 0 Å². The number of hydrogen-bond acceptors (Lipinski definition) is 6. The second kappa shape index (κ2) is 8.40. The van der Waals surface area contributed by atoms with E-state index >= 15 is 0 Å². The summed E-state index contributed by atoms with van der Waals surface area (Å²) < 4.78 is 40.4. The van der Waals surface area contributed by atoms with Gasteiger partial charge in [0.1, 0.15) is 11.5 Å². The number of esters is 1. The fourth-order valence-electron chi connectivity index (χ4n) is 3.96. The Bertz CT molecular complexity index is 1070. The quantitative estimate of drug-likeness (QED) is 0.490. The minimum atomic E-state index is -3.96. The van der Waals surface area contributed by atoms with Crippen molar-refractivity contribution >= 4 is 16.1 Å². The Morgan fingerprint density at radius 2 is 2.00 bits per heavy atom. The first-order chi connectivity index (χ1) is 14.4. The third-order valence-electron chi connectivity index (χ3n) is 5.70. The van der Waals surface area contributed by atoms with Crippen molar-refractivity contribution in [2.24, 2.45) is 0 Å². The summed E-state index contributed by atoms with van der Waals surface area (Å²) in [6, 6.07) is 10.2. The molecule has 0 unspecified atom stereocenters. The van der Waals surface area contributed by atoms with E-state index < -0.39 is 22.7 Å². The molecular formula is C23H26O6S. The maximum absolute atomic E-state index is 12.6. The van der Waals surface area contributed by atoms with Crippen LogP contribution in [0.25, 0.3) is 11.1 Å². The fraction of sp³-hybridized carbons (Fsp3) is 0.435. The highest BCUT2D eigenvalue weighted by molar-refractivity contribution is 7.85. The van der Waals surface area contributed by atoms with E-state index in [1.165, 1.54) is 12.7 Å². The Kier molecular flexibility index (Phi) is 5.84. The predicted molar refractivity (Wildman–Crippen MR) is 113 cm³/mol. The van der Waals surface area contributed by atoms with E-state index in [4.69, 9.17) is 8.92 Å². The lowest BCUT2D eigenvalue weighted by Gasteiger charge is -2.21. The van der Waals surface area contributed by atoms with E-state index in [-0.39, 0.29) is 5.75 Å². The zero-order chi connectivity index (χ0) is 21.3. The molecule has 2 aromatic carbocycles. The lowest BCUT2D eigenvalue weighted by Crippen LogP contribution is -2.17. The molecule has 160 valence electrons. The molecule has 0 bridgehead atoms. The molecule has 0 amide bonds. The number of carbonyl (C=O) groups excluding carboxylic acids is 1. The molecule has 0 aromatic heterocycles. The van der Waals surface area contributed by atoms with Crippen molar-refractivity contribution < 1.29 is 26.9 Å². The zero-order valence-electron chi connectivity index (χ0n) is 17.3. The standard InChI is InChI=1S/C23H26O6S/c1-15-5-9-19(16-6-7-16)23(18-8-10-21-17(12-18)4-3-11-28-21)20(15)14-30(25,26)29-13-22(24)27-2/h5,8-10,12,16H,3-4,6-7,11,13-14H2,1-2H3. The molecule has 2 aliphatic rings. The molecule has 1 aliphatic carbocycles. The normalized spacial score (nSPS) is 15.9. The van der Waals surface area contributed by atoms with Crippen LogP contribution in [0, 0.1) is 6.92 Å². The average Bonchev–Trinajstić information content (AvgIpc) is 3.58. The highest BCUT2D eigenvalue weighted by atomic mass is 32.2. The van der Waals surface area contributed by atoms with Crippen molar-refractivity contribution in [2.75, 3.05) is 20.3 Å². The van der Waals surface area contributed by atoms with Gasteiger partial charge in [0.25, 0.3) is 10.1 Å². The number of rotatable bonds is 7. The van der Waals surface area contributed by atoms with Crippen LogP contribution in [0.15, 0.2) is 30.3 Å². The van der Waals surface area contributed by atoms with Crippen molar-refractivity contribution in [3.8, 4) is 16.9 Å². The molecule has 0 radical (unpaired) electrons. The Balaban J connectivity index is 1.76. The molecule has 6 nitrogen and oxygen atoms in total. The summed E-state index contributed by atoms with van der Waals surface area (Å²) in [6.45, 7) is 2.02. The number of carbonyl (C=O) groups is 1. The first-order valence-electron chi connectivity index (χ1n) is 10.2. The van der Waals surface area contributed by atoms with Crippen molar-refractivity contribution in [2.45, 2.75) is 44.3 Å². The predicted octanol–water partition coefficient (Wildman–Crippen LogP) is 3.88. The minimum absolute atomic E-state index is 0.292. The van der Waals surface area contributed by atoms with Crippen molar-refractivity contribution in [3.63, 3.8) is 0 Å². The SMILES string of the molecule is COC(=O)COS(=O)(=O)Cc1c(C)ccc(C2CC2)c1-c1ccc2c(c1)CCCO2. The summed E-state index contributed by atoms with van der Waals surface area (Å²) in [4.78, 5) is 11.3. The lowest BCUT2D eigenvalue weighted by atomic mass is 9.88. The molecule has 30 heavy (non-hydrogen) atoms. The lowest BCUT2D eigenvalue weighted by molar-refractivity contribution is -0.142. The topological polar surface area (TPSA) is 78.9 Å². The molecule has 7 heteroatoms. The van der Waals surface area contributed by atoms with Crippen LogP contribution in [-0.4, -0.2) is 34.7 Å². The van der Waals surface area contributed by atoms with E-state index in [0.717, 1.165) is 65.9 Å². The van der Waals surface area contributed by atoms with E-state index in [2.05, 4.69) is 16.9 Å². The highest BCUT2D eigenvalue weighted by Gasteiger charge is 2.30. The molecular weight excluding hydrogens is 404 g/mol. The van der Waals surface area contributed by atoms with Crippen LogP contribution in [-0.2, 0) is 36.0 Å². The van der Waals surface area contributed by atoms with Gasteiger partial charge in [0.2, 0.25) is 0 Å². The van der Waals surface area contributed by atoms with Gasteiger partial charge < -0.3 is 9.47 Å². The maximum Gasteiger partial charge on any atom is 0.333 e. The van der Waals surface area contributed by atoms with Crippen LogP contribution >= 0.6 is 0 Å². The summed E-state index contributed by atoms with van der Waals surface area (Å²) in [7, 11) is -2.76. The number of hydrogen-bond donors (Lipinski definition) is 0. The number of fused-ring (bicyclic) bond motifs is 1. The minimum Gasteiger partial charge on any atom is -0.493 e. The largest absolute Gasteiger partial charge is 0.493 e. The van der Waals surface area contributed by atoms with Crippen LogP contribution in [0.2, 0.25) is 0 Å². The van der Waals surface area contributed by atoms with Crippen LogP contribution in [0.4, 0.5) is 0 Å². The third kappa shape index (κ3) is 4.52. The van der Waals surface area contributed by atoms with Crippen molar-refractivity contribution in [1.82, 2.24) is 0 Å². The molecule has 1 aliphatic heterocycles. The van der Waals surface area contributed by atoms with Gasteiger partial charge in [-0.25, -0.2) is 4.79 Å². The van der Waals surface area contributed by atoms with Gasteiger partial charge in [-0.3, -0.25) is 4.18 Å². The maximum atomic E-state index is 12.6. The van der Waals surface area contributed by atoms with Gasteiger partial charge in [0.05, 0.1) is 13.7 Å². The third-order valence-corrected chi connectivity index (χ3v) is 6.82. The fourth-order valence-corrected chi connectivity index (χ4v) is 5.05. The van der Waals surface area contributed by atoms with E-state index in [0.29, 0.717) is 5.92 Å². The molecule has 0 spiro atoms. The second-order valence-corrected chi connectivity index (χ2v) is 9.55. The number of benzene rings is 2. The molecule has 1 saturated carbocycles. The molecule has 0 saturated heterocycles. The van der Waals surface area contributed by atoms with Crippen LogP contribution in [0.3, 0.4) is 0 Å². The summed E-state index contributed by atoms with van der Waals surface area (Å²) >= 11 is 0. The van der Waals surface area contributed by atoms with Gasteiger partial charge in [-0.05, 0) is 84.0 Å². The van der Waals surface area contributed by atoms with Crippen molar-refractivity contribution in [3.05, 3.63) is 52.6 Å². The number of ether oxygens (including phenoxy) is 2. The molecule has 1 heterocycles. The Hall–Kier alpha value is -2.38. The van der Waals surface area contributed by atoms with Gasteiger partial charge in [0.15, 0.2) is 6.61 Å². The second-order valence-electron chi connectivity index (χ2n) is 7.91. The molecule has 0 atom stereocenters.